The zero-order chi connectivity index (χ0) is 3.41. The number of nitrogens with one attached hydrogen (secondary N) is 1. The van der Waals surface area contributed by atoms with Gasteiger partial charge in [-0.15, -0.1) is 0 Å². The van der Waals surface area contributed by atoms with E-state index in [1.54, 1.807) is 6.20 Å². The Kier molecular flexibility index (Phi) is 3.17. The van der Waals surface area contributed by atoms with Crippen molar-refractivity contribution in [2.75, 3.05) is 0 Å². The molecule has 0 bridgehead atoms. The molecule has 2 heteroatoms. The minimum atomic E-state index is 1.60. The van der Waals surface area contributed by atoms with Crippen molar-refractivity contribution < 1.29 is 0 Å². The SMILES string of the molecule is C=CN[As]. The molecule has 0 aromatic heterocycles. The summed E-state index contributed by atoms with van der Waals surface area (Å²) in [5.74, 6) is 0. The Morgan fingerprint density at radius 2 is 2.25 bits per heavy atom. The fourth-order valence-electron chi connectivity index (χ4n) is 0. The van der Waals surface area contributed by atoms with E-state index in [-0.39, 0.29) is 0 Å². The zero-order valence-electron chi connectivity index (χ0n) is 2.23. The van der Waals surface area contributed by atoms with E-state index in [0.717, 1.165) is 0 Å². The molecule has 0 aromatic carbocycles. The topological polar surface area (TPSA) is 12.0 Å². The van der Waals surface area contributed by atoms with Crippen molar-refractivity contribution in [1.29, 1.82) is 0 Å². The third-order valence-electron chi connectivity index (χ3n) is 0.0913. The molecule has 0 rings (SSSR count). The molecule has 0 spiro atoms. The van der Waals surface area contributed by atoms with Crippen LogP contribution in [0.4, 0.5) is 0 Å². The molecule has 0 saturated heterocycles. The molecule has 0 atom stereocenters. The van der Waals surface area contributed by atoms with E-state index in [9.17, 15) is 0 Å². The molecule has 0 fully saturated rings. The maximum atomic E-state index is 3.35. The normalized spacial score (nSPS) is 5.25. The van der Waals surface area contributed by atoms with E-state index in [1.807, 2.05) is 0 Å². The average molecular weight is 117 g/mol. The van der Waals surface area contributed by atoms with Gasteiger partial charge in [-0.25, -0.2) is 0 Å². The van der Waals surface area contributed by atoms with Crippen molar-refractivity contribution in [1.82, 2.24) is 4.23 Å². The molecule has 0 aromatic rings. The molecule has 1 nitrogen and oxygen atoms in total. The van der Waals surface area contributed by atoms with Gasteiger partial charge in [-0.1, -0.05) is 0 Å². The van der Waals surface area contributed by atoms with Crippen molar-refractivity contribution in [3.63, 3.8) is 0 Å². The standard InChI is InChI=1S/C2H4AsN/c1-2-4-3/h2,4H,1H2. The molecular formula is C2H4AsN. The van der Waals surface area contributed by atoms with Crippen LogP contribution in [0.3, 0.4) is 0 Å². The molecule has 2 radical (unpaired) electrons. The molecule has 0 aliphatic heterocycles. The van der Waals surface area contributed by atoms with Gasteiger partial charge in [-0.2, -0.15) is 0 Å². The van der Waals surface area contributed by atoms with Crippen LogP contribution in [0.15, 0.2) is 12.8 Å². The van der Waals surface area contributed by atoms with Crippen molar-refractivity contribution in [3.05, 3.63) is 12.8 Å². The summed E-state index contributed by atoms with van der Waals surface area (Å²) < 4.78 is 2.63. The van der Waals surface area contributed by atoms with E-state index in [2.05, 4.69) is 27.9 Å². The quantitative estimate of drug-likeness (QED) is 0.469. The zero-order valence-corrected chi connectivity index (χ0v) is 4.11. The van der Waals surface area contributed by atoms with E-state index in [0.29, 0.717) is 0 Å². The summed E-state index contributed by atoms with van der Waals surface area (Å²) in [5, 5.41) is 0. The van der Waals surface area contributed by atoms with Gasteiger partial charge in [-0.05, 0) is 0 Å². The van der Waals surface area contributed by atoms with Crippen molar-refractivity contribution in [2.24, 2.45) is 0 Å². The predicted molar refractivity (Wildman–Crippen MR) is 19.1 cm³/mol. The van der Waals surface area contributed by atoms with Crippen molar-refractivity contribution >= 4 is 17.1 Å². The molecule has 22 valence electrons. The maximum absolute atomic E-state index is 3.35. The van der Waals surface area contributed by atoms with Crippen LogP contribution < -0.4 is 4.23 Å². The Hall–Kier alpha value is 0.0984. The number of rotatable bonds is 1. The van der Waals surface area contributed by atoms with E-state index < -0.39 is 0 Å². The van der Waals surface area contributed by atoms with Gasteiger partial charge >= 0.3 is 34.1 Å². The van der Waals surface area contributed by atoms with Crippen LogP contribution in [0, 0.1) is 0 Å². The third kappa shape index (κ3) is 2.10. The average Bonchev–Trinajstić information content (AvgIpc) is 1.37. The number of hydrogen-bond acceptors (Lipinski definition) is 1. The second-order valence-electron chi connectivity index (χ2n) is 0.333. The number of hydrogen-bond donors (Lipinski definition) is 1. The van der Waals surface area contributed by atoms with Crippen LogP contribution >= 0.6 is 0 Å². The summed E-state index contributed by atoms with van der Waals surface area (Å²) in [4.78, 5) is 0. The van der Waals surface area contributed by atoms with Gasteiger partial charge in [0.05, 0.1) is 0 Å². The second-order valence-corrected chi connectivity index (χ2v) is 0.875. The van der Waals surface area contributed by atoms with Crippen LogP contribution in [0.1, 0.15) is 0 Å². The Labute approximate surface area is 34.8 Å². The van der Waals surface area contributed by atoms with Crippen LogP contribution in [0.5, 0.6) is 0 Å². The molecule has 0 saturated carbocycles. The first kappa shape index (κ1) is 4.10. The first-order valence-electron chi connectivity index (χ1n) is 0.921. The van der Waals surface area contributed by atoms with Crippen molar-refractivity contribution in [2.45, 2.75) is 0 Å². The summed E-state index contributed by atoms with van der Waals surface area (Å²) in [6.45, 7) is 3.35. The molecule has 0 unspecified atom stereocenters. The van der Waals surface area contributed by atoms with Crippen LogP contribution in [0.25, 0.3) is 0 Å². The Morgan fingerprint density at radius 3 is 2.25 bits per heavy atom. The molecule has 0 amide bonds. The van der Waals surface area contributed by atoms with Gasteiger partial charge in [0, 0.05) is 0 Å². The Balaban J connectivity index is 2.30. The minimum absolute atomic E-state index is 1.60. The Morgan fingerprint density at radius 1 is 2.00 bits per heavy atom. The van der Waals surface area contributed by atoms with E-state index in [4.69, 9.17) is 0 Å². The molecule has 1 N–H and O–H groups in total. The molecule has 0 aliphatic carbocycles. The van der Waals surface area contributed by atoms with Crippen molar-refractivity contribution in [3.8, 4) is 0 Å². The second kappa shape index (κ2) is 3.10. The van der Waals surface area contributed by atoms with Crippen LogP contribution in [-0.2, 0) is 0 Å². The first-order valence-corrected chi connectivity index (χ1v) is 1.86. The van der Waals surface area contributed by atoms with Gasteiger partial charge in [0.1, 0.15) is 0 Å². The predicted octanol–water partition coefficient (Wildman–Crippen LogP) is -0.197. The van der Waals surface area contributed by atoms with Gasteiger partial charge in [0.25, 0.3) is 0 Å². The summed E-state index contributed by atoms with van der Waals surface area (Å²) in [7, 11) is 0. The van der Waals surface area contributed by atoms with E-state index >= 15 is 0 Å². The van der Waals surface area contributed by atoms with Gasteiger partial charge < -0.3 is 0 Å². The van der Waals surface area contributed by atoms with Gasteiger partial charge in [0.15, 0.2) is 0 Å². The fraction of sp³-hybridized carbons (Fsp3) is 0. The third-order valence-corrected chi connectivity index (χ3v) is 0.474. The monoisotopic (exact) mass is 117 g/mol. The molecule has 0 aliphatic rings. The molecule has 0 heterocycles. The van der Waals surface area contributed by atoms with Gasteiger partial charge in [0.2, 0.25) is 0 Å². The van der Waals surface area contributed by atoms with Crippen LogP contribution in [-0.4, -0.2) is 17.1 Å². The van der Waals surface area contributed by atoms with Crippen LogP contribution in [0.2, 0.25) is 0 Å². The van der Waals surface area contributed by atoms with E-state index in [1.165, 1.54) is 0 Å². The van der Waals surface area contributed by atoms with Gasteiger partial charge in [-0.3, -0.25) is 0 Å². The fourth-order valence-corrected chi connectivity index (χ4v) is 0. The summed E-state index contributed by atoms with van der Waals surface area (Å²) >= 11 is 2.17. The molecule has 4 heavy (non-hydrogen) atoms. The summed E-state index contributed by atoms with van der Waals surface area (Å²) in [6, 6.07) is 0. The Bertz CT molecular complexity index is 20.0. The summed E-state index contributed by atoms with van der Waals surface area (Å²) in [6.07, 6.45) is 1.60. The first-order chi connectivity index (χ1) is 1.91. The molecular weight excluding hydrogens is 113 g/mol. The summed E-state index contributed by atoms with van der Waals surface area (Å²) in [5.41, 5.74) is 0.